The summed E-state index contributed by atoms with van der Waals surface area (Å²) >= 11 is 5.95. The third-order valence-electron chi connectivity index (χ3n) is 3.16. The summed E-state index contributed by atoms with van der Waals surface area (Å²) in [6.07, 6.45) is 1.19. The third-order valence-corrected chi connectivity index (χ3v) is 3.40. The maximum Gasteiger partial charge on any atom is 0.172 e. The number of nitrogens with zero attached hydrogens (tertiary/aromatic N) is 2. The summed E-state index contributed by atoms with van der Waals surface area (Å²) in [5.74, 6) is 0.0633. The summed E-state index contributed by atoms with van der Waals surface area (Å²) in [4.78, 5) is 2.15. The van der Waals surface area contributed by atoms with E-state index in [4.69, 9.17) is 27.3 Å². The maximum atomic E-state index is 8.82. The van der Waals surface area contributed by atoms with Gasteiger partial charge in [0.15, 0.2) is 5.84 Å². The lowest BCUT2D eigenvalue weighted by Crippen LogP contribution is -2.26. The number of hydrogen-bond acceptors (Lipinski definition) is 4. The van der Waals surface area contributed by atoms with Crippen molar-refractivity contribution in [3.63, 3.8) is 0 Å². The molecule has 0 spiro atoms. The molecule has 0 aromatic heterocycles. The summed E-state index contributed by atoms with van der Waals surface area (Å²) in [6.45, 7) is 1.68. The van der Waals surface area contributed by atoms with Crippen molar-refractivity contribution in [2.75, 3.05) is 25.1 Å². The fourth-order valence-corrected chi connectivity index (χ4v) is 2.35. The maximum absolute atomic E-state index is 8.82. The molecule has 1 aromatic rings. The lowest BCUT2D eigenvalue weighted by molar-refractivity contribution is 0.121. The lowest BCUT2D eigenvalue weighted by Gasteiger charge is -2.21. The van der Waals surface area contributed by atoms with Crippen LogP contribution >= 0.6 is 11.6 Å². The molecule has 3 N–H and O–H groups in total. The molecule has 1 aromatic carbocycles. The quantitative estimate of drug-likeness (QED) is 0.379. The molecule has 1 atom stereocenters. The number of hydrogen-bond donors (Lipinski definition) is 2. The first-order valence-corrected chi connectivity index (χ1v) is 6.08. The molecule has 2 rings (SSSR count). The fraction of sp³-hybridized carbons (Fsp3) is 0.417. The second-order valence-corrected chi connectivity index (χ2v) is 4.68. The van der Waals surface area contributed by atoms with Gasteiger partial charge in [0.2, 0.25) is 0 Å². The Kier molecular flexibility index (Phi) is 3.93. The van der Waals surface area contributed by atoms with Gasteiger partial charge in [-0.1, -0.05) is 16.8 Å². The van der Waals surface area contributed by atoms with E-state index in [2.05, 4.69) is 10.1 Å². The van der Waals surface area contributed by atoms with E-state index in [1.165, 1.54) is 0 Å². The van der Waals surface area contributed by atoms with Gasteiger partial charge in [-0.25, -0.2) is 0 Å². The van der Waals surface area contributed by atoms with E-state index in [1.807, 2.05) is 6.07 Å². The summed E-state index contributed by atoms with van der Waals surface area (Å²) in [7, 11) is 1.71. The number of rotatable bonds is 3. The average molecular weight is 270 g/mol. The highest BCUT2D eigenvalue weighted by molar-refractivity contribution is 6.31. The first-order chi connectivity index (χ1) is 8.65. The molecule has 5 nitrogen and oxygen atoms in total. The summed E-state index contributed by atoms with van der Waals surface area (Å²) in [6, 6.07) is 5.38. The molecule has 0 saturated carbocycles. The summed E-state index contributed by atoms with van der Waals surface area (Å²) in [5, 5.41) is 12.4. The standard InChI is InChI=1S/C12H16ClN3O2/c1-18-9-4-5-16(7-9)11-3-2-8(13)6-10(11)12(14)15-17/h2-3,6,9,17H,4-5,7H2,1H3,(H2,14,15). The average Bonchev–Trinajstić information content (AvgIpc) is 2.86. The fourth-order valence-electron chi connectivity index (χ4n) is 2.18. The van der Waals surface area contributed by atoms with E-state index in [1.54, 1.807) is 19.2 Å². The molecule has 1 aliphatic rings. The highest BCUT2D eigenvalue weighted by Crippen LogP contribution is 2.28. The van der Waals surface area contributed by atoms with Crippen molar-refractivity contribution in [3.05, 3.63) is 28.8 Å². The molecule has 0 aliphatic carbocycles. The van der Waals surface area contributed by atoms with Crippen LogP contribution in [0.15, 0.2) is 23.4 Å². The molecule has 1 unspecified atom stereocenters. The van der Waals surface area contributed by atoms with Gasteiger partial charge in [0.05, 0.1) is 6.10 Å². The third kappa shape index (κ3) is 2.52. The number of methoxy groups -OCH3 is 1. The van der Waals surface area contributed by atoms with Gasteiger partial charge in [-0.15, -0.1) is 0 Å². The van der Waals surface area contributed by atoms with E-state index >= 15 is 0 Å². The Morgan fingerprint density at radius 2 is 2.39 bits per heavy atom. The van der Waals surface area contributed by atoms with Crippen LogP contribution in [-0.2, 0) is 4.74 Å². The predicted octanol–water partition coefficient (Wildman–Crippen LogP) is 1.66. The molecule has 0 amide bonds. The molecule has 1 saturated heterocycles. The van der Waals surface area contributed by atoms with Crippen molar-refractivity contribution in [2.45, 2.75) is 12.5 Å². The SMILES string of the molecule is COC1CCN(c2ccc(Cl)cc2/C(N)=N/O)C1. The minimum Gasteiger partial charge on any atom is -0.409 e. The first kappa shape index (κ1) is 13.0. The monoisotopic (exact) mass is 269 g/mol. The van der Waals surface area contributed by atoms with Crippen LogP contribution in [-0.4, -0.2) is 37.3 Å². The van der Waals surface area contributed by atoms with Crippen LogP contribution in [0.25, 0.3) is 0 Å². The van der Waals surface area contributed by atoms with Crippen LogP contribution < -0.4 is 10.6 Å². The molecular formula is C12H16ClN3O2. The van der Waals surface area contributed by atoms with Crippen molar-refractivity contribution in [2.24, 2.45) is 10.9 Å². The number of benzene rings is 1. The van der Waals surface area contributed by atoms with Gasteiger partial charge in [0, 0.05) is 36.5 Å². The van der Waals surface area contributed by atoms with Crippen molar-refractivity contribution in [3.8, 4) is 0 Å². The highest BCUT2D eigenvalue weighted by atomic mass is 35.5. The van der Waals surface area contributed by atoms with Crippen molar-refractivity contribution < 1.29 is 9.94 Å². The summed E-state index contributed by atoms with van der Waals surface area (Å²) in [5.41, 5.74) is 7.23. The molecule has 0 radical (unpaired) electrons. The molecule has 1 aliphatic heterocycles. The van der Waals surface area contributed by atoms with E-state index in [0.717, 1.165) is 25.2 Å². The molecular weight excluding hydrogens is 254 g/mol. The Balaban J connectivity index is 2.33. The number of amidine groups is 1. The number of halogens is 1. The zero-order chi connectivity index (χ0) is 13.1. The van der Waals surface area contributed by atoms with Crippen molar-refractivity contribution in [1.29, 1.82) is 0 Å². The first-order valence-electron chi connectivity index (χ1n) is 5.71. The molecule has 1 heterocycles. The zero-order valence-electron chi connectivity index (χ0n) is 10.1. The Morgan fingerprint density at radius 1 is 1.61 bits per heavy atom. The van der Waals surface area contributed by atoms with E-state index in [0.29, 0.717) is 10.6 Å². The van der Waals surface area contributed by atoms with Crippen LogP contribution in [0.5, 0.6) is 0 Å². The van der Waals surface area contributed by atoms with Crippen molar-refractivity contribution >= 4 is 23.1 Å². The van der Waals surface area contributed by atoms with Crippen LogP contribution in [0.4, 0.5) is 5.69 Å². The number of nitrogens with two attached hydrogens (primary N) is 1. The Morgan fingerprint density at radius 3 is 3.00 bits per heavy atom. The second-order valence-electron chi connectivity index (χ2n) is 4.24. The van der Waals surface area contributed by atoms with Crippen LogP contribution in [0.1, 0.15) is 12.0 Å². The van der Waals surface area contributed by atoms with E-state index in [9.17, 15) is 0 Å². The van der Waals surface area contributed by atoms with Crippen molar-refractivity contribution in [1.82, 2.24) is 0 Å². The largest absolute Gasteiger partial charge is 0.409 e. The van der Waals surface area contributed by atoms with Gasteiger partial charge in [0.1, 0.15) is 0 Å². The smallest absolute Gasteiger partial charge is 0.172 e. The number of anilines is 1. The molecule has 6 heteroatoms. The van der Waals surface area contributed by atoms with Gasteiger partial charge in [-0.2, -0.15) is 0 Å². The minimum atomic E-state index is 0.0633. The van der Waals surface area contributed by atoms with Crippen LogP contribution in [0, 0.1) is 0 Å². The molecule has 1 fully saturated rings. The number of ether oxygens (including phenoxy) is 1. The molecule has 0 bridgehead atoms. The molecule has 18 heavy (non-hydrogen) atoms. The van der Waals surface area contributed by atoms with Gasteiger partial charge >= 0.3 is 0 Å². The summed E-state index contributed by atoms with van der Waals surface area (Å²) < 4.78 is 5.33. The predicted molar refractivity (Wildman–Crippen MR) is 71.6 cm³/mol. The second kappa shape index (κ2) is 5.46. The van der Waals surface area contributed by atoms with Gasteiger partial charge in [-0.05, 0) is 24.6 Å². The van der Waals surface area contributed by atoms with Crippen LogP contribution in [0.2, 0.25) is 5.02 Å². The van der Waals surface area contributed by atoms with Gasteiger partial charge in [0.25, 0.3) is 0 Å². The normalized spacial score (nSPS) is 20.4. The lowest BCUT2D eigenvalue weighted by atomic mass is 10.1. The number of oxime groups is 1. The highest BCUT2D eigenvalue weighted by Gasteiger charge is 2.24. The Hall–Kier alpha value is -1.46. The Bertz CT molecular complexity index is 465. The van der Waals surface area contributed by atoms with Crippen LogP contribution in [0.3, 0.4) is 0 Å². The Labute approximate surface area is 111 Å². The van der Waals surface area contributed by atoms with Gasteiger partial charge in [-0.3, -0.25) is 0 Å². The van der Waals surface area contributed by atoms with E-state index < -0.39 is 0 Å². The topological polar surface area (TPSA) is 71.1 Å². The zero-order valence-corrected chi connectivity index (χ0v) is 10.9. The van der Waals surface area contributed by atoms with E-state index in [-0.39, 0.29) is 11.9 Å². The van der Waals surface area contributed by atoms with Gasteiger partial charge < -0.3 is 20.6 Å². The molecule has 98 valence electrons. The minimum absolute atomic E-state index is 0.0633.